The van der Waals surface area contributed by atoms with Crippen LogP contribution in [0.15, 0.2) is 30.3 Å². The number of aliphatic hydroxyl groups is 1. The molecule has 0 saturated heterocycles. The number of aliphatic hydroxyl groups excluding tert-OH is 1. The summed E-state index contributed by atoms with van der Waals surface area (Å²) >= 11 is 0. The number of benzene rings is 1. The zero-order chi connectivity index (χ0) is 11.8. The fraction of sp³-hybridized carbons (Fsp3) is 0.417. The highest BCUT2D eigenvalue weighted by Crippen LogP contribution is 2.11. The Balaban J connectivity index is 2.52. The summed E-state index contributed by atoms with van der Waals surface area (Å²) in [6.45, 7) is 0.279. The summed E-state index contributed by atoms with van der Waals surface area (Å²) < 4.78 is 4.81. The summed E-state index contributed by atoms with van der Waals surface area (Å²) in [6.07, 6.45) is 0.305. The summed E-state index contributed by atoms with van der Waals surface area (Å²) in [7, 11) is 1.55. The van der Waals surface area contributed by atoms with Gasteiger partial charge in [-0.3, -0.25) is 4.79 Å². The minimum Gasteiger partial charge on any atom is -0.394 e. The molecule has 0 radical (unpaired) electrons. The highest BCUT2D eigenvalue weighted by Gasteiger charge is 2.12. The predicted octanol–water partition coefficient (Wildman–Crippen LogP) is 0.873. The van der Waals surface area contributed by atoms with Gasteiger partial charge < -0.3 is 15.2 Å². The van der Waals surface area contributed by atoms with Crippen molar-refractivity contribution in [1.82, 2.24) is 5.32 Å². The van der Waals surface area contributed by atoms with Crippen LogP contribution in [0.1, 0.15) is 18.0 Å². The maximum Gasteiger partial charge on any atom is 0.222 e. The molecule has 0 unspecified atom stereocenters. The number of ether oxygens (including phenoxy) is 1. The van der Waals surface area contributed by atoms with Gasteiger partial charge >= 0.3 is 0 Å². The van der Waals surface area contributed by atoms with Crippen molar-refractivity contribution in [2.75, 3.05) is 20.3 Å². The molecule has 0 fully saturated rings. The van der Waals surface area contributed by atoms with E-state index >= 15 is 0 Å². The van der Waals surface area contributed by atoms with E-state index in [-0.39, 0.29) is 18.6 Å². The number of rotatable bonds is 6. The molecule has 1 amide bonds. The molecule has 1 rings (SSSR count). The van der Waals surface area contributed by atoms with E-state index in [2.05, 4.69) is 5.32 Å². The smallest absolute Gasteiger partial charge is 0.222 e. The second-order valence-corrected chi connectivity index (χ2v) is 3.46. The Hall–Kier alpha value is -1.39. The van der Waals surface area contributed by atoms with Crippen LogP contribution in [-0.2, 0) is 9.53 Å². The quantitative estimate of drug-likeness (QED) is 0.752. The Morgan fingerprint density at radius 1 is 1.44 bits per heavy atom. The standard InChI is InChI=1S/C12H17NO3/c1-16-8-7-12(15)13-11(9-14)10-5-3-2-4-6-10/h2-6,11,14H,7-9H2,1H3,(H,13,15)/t11-/m0/s1. The third kappa shape index (κ3) is 4.00. The lowest BCUT2D eigenvalue weighted by molar-refractivity contribution is -0.123. The van der Waals surface area contributed by atoms with Crippen molar-refractivity contribution in [2.24, 2.45) is 0 Å². The Kier molecular flexibility index (Phi) is 5.53. The maximum atomic E-state index is 11.4. The van der Waals surface area contributed by atoms with Gasteiger partial charge in [0, 0.05) is 13.5 Å². The molecule has 88 valence electrons. The SMILES string of the molecule is COCCC(=O)N[C@@H](CO)c1ccccc1. The molecule has 0 aliphatic heterocycles. The normalized spacial score (nSPS) is 12.1. The molecule has 1 aromatic carbocycles. The molecule has 1 atom stereocenters. The first kappa shape index (κ1) is 12.7. The Bertz CT molecular complexity index is 313. The van der Waals surface area contributed by atoms with Gasteiger partial charge in [-0.2, -0.15) is 0 Å². The number of methoxy groups -OCH3 is 1. The number of carbonyl (C=O) groups is 1. The Morgan fingerprint density at radius 3 is 2.69 bits per heavy atom. The van der Waals surface area contributed by atoms with Crippen molar-refractivity contribution >= 4 is 5.91 Å². The molecule has 16 heavy (non-hydrogen) atoms. The van der Waals surface area contributed by atoms with E-state index in [1.807, 2.05) is 30.3 Å². The minimum atomic E-state index is -0.342. The fourth-order valence-corrected chi connectivity index (χ4v) is 1.38. The first-order chi connectivity index (χ1) is 7.77. The number of hydrogen-bond donors (Lipinski definition) is 2. The van der Waals surface area contributed by atoms with Gasteiger partial charge in [0.25, 0.3) is 0 Å². The molecular weight excluding hydrogens is 206 g/mol. The van der Waals surface area contributed by atoms with Gasteiger partial charge in [0.1, 0.15) is 0 Å². The summed E-state index contributed by atoms with van der Waals surface area (Å²) in [5.41, 5.74) is 0.899. The van der Waals surface area contributed by atoms with Gasteiger partial charge in [-0.05, 0) is 5.56 Å². The van der Waals surface area contributed by atoms with Crippen LogP contribution >= 0.6 is 0 Å². The number of hydrogen-bond acceptors (Lipinski definition) is 3. The van der Waals surface area contributed by atoms with Crippen molar-refractivity contribution in [3.8, 4) is 0 Å². The zero-order valence-corrected chi connectivity index (χ0v) is 9.35. The van der Waals surface area contributed by atoms with E-state index < -0.39 is 0 Å². The molecule has 0 aliphatic rings. The van der Waals surface area contributed by atoms with E-state index in [0.717, 1.165) is 5.56 Å². The molecule has 1 aromatic rings. The molecule has 0 saturated carbocycles. The molecule has 0 aromatic heterocycles. The van der Waals surface area contributed by atoms with Gasteiger partial charge in [-0.1, -0.05) is 30.3 Å². The second-order valence-electron chi connectivity index (χ2n) is 3.46. The fourth-order valence-electron chi connectivity index (χ4n) is 1.38. The monoisotopic (exact) mass is 223 g/mol. The maximum absolute atomic E-state index is 11.4. The molecule has 4 heteroatoms. The molecule has 2 N–H and O–H groups in total. The van der Waals surface area contributed by atoms with E-state index in [9.17, 15) is 9.90 Å². The molecule has 0 spiro atoms. The lowest BCUT2D eigenvalue weighted by atomic mass is 10.1. The van der Waals surface area contributed by atoms with E-state index in [1.54, 1.807) is 7.11 Å². The third-order valence-electron chi connectivity index (χ3n) is 2.25. The molecule has 4 nitrogen and oxygen atoms in total. The van der Waals surface area contributed by atoms with Crippen molar-refractivity contribution in [3.05, 3.63) is 35.9 Å². The average Bonchev–Trinajstić information content (AvgIpc) is 2.34. The van der Waals surface area contributed by atoms with Crippen molar-refractivity contribution < 1.29 is 14.6 Å². The number of carbonyl (C=O) groups excluding carboxylic acids is 1. The summed E-state index contributed by atoms with van der Waals surface area (Å²) in [5.74, 6) is -0.121. The molecule has 0 aliphatic carbocycles. The van der Waals surface area contributed by atoms with Gasteiger partial charge in [0.2, 0.25) is 5.91 Å². The average molecular weight is 223 g/mol. The lowest BCUT2D eigenvalue weighted by Gasteiger charge is -2.16. The lowest BCUT2D eigenvalue weighted by Crippen LogP contribution is -2.31. The minimum absolute atomic E-state index is 0.108. The highest BCUT2D eigenvalue weighted by molar-refractivity contribution is 5.76. The van der Waals surface area contributed by atoms with Crippen LogP contribution in [0.4, 0.5) is 0 Å². The van der Waals surface area contributed by atoms with Crippen LogP contribution in [0.25, 0.3) is 0 Å². The van der Waals surface area contributed by atoms with Crippen LogP contribution in [0, 0.1) is 0 Å². The van der Waals surface area contributed by atoms with E-state index in [1.165, 1.54) is 0 Å². The number of nitrogens with one attached hydrogen (secondary N) is 1. The Labute approximate surface area is 95.2 Å². The molecule has 0 bridgehead atoms. The summed E-state index contributed by atoms with van der Waals surface area (Å²) in [6, 6.07) is 9.05. The predicted molar refractivity (Wildman–Crippen MR) is 60.9 cm³/mol. The van der Waals surface area contributed by atoms with Crippen LogP contribution in [0.3, 0.4) is 0 Å². The largest absolute Gasteiger partial charge is 0.394 e. The number of amides is 1. The highest BCUT2D eigenvalue weighted by atomic mass is 16.5. The van der Waals surface area contributed by atoms with Gasteiger partial charge in [0.15, 0.2) is 0 Å². The summed E-state index contributed by atoms with van der Waals surface area (Å²) in [5, 5.41) is 12.0. The molecule has 0 heterocycles. The van der Waals surface area contributed by atoms with Gasteiger partial charge in [-0.25, -0.2) is 0 Å². The van der Waals surface area contributed by atoms with E-state index in [4.69, 9.17) is 4.74 Å². The zero-order valence-electron chi connectivity index (χ0n) is 9.35. The van der Waals surface area contributed by atoms with Gasteiger partial charge in [-0.15, -0.1) is 0 Å². The van der Waals surface area contributed by atoms with E-state index in [0.29, 0.717) is 13.0 Å². The van der Waals surface area contributed by atoms with Crippen molar-refractivity contribution in [3.63, 3.8) is 0 Å². The molecular formula is C12H17NO3. The van der Waals surface area contributed by atoms with Crippen molar-refractivity contribution in [1.29, 1.82) is 0 Å². The topological polar surface area (TPSA) is 58.6 Å². The first-order valence-corrected chi connectivity index (χ1v) is 5.22. The first-order valence-electron chi connectivity index (χ1n) is 5.22. The van der Waals surface area contributed by atoms with Crippen LogP contribution in [-0.4, -0.2) is 31.3 Å². The second kappa shape index (κ2) is 6.98. The van der Waals surface area contributed by atoms with Crippen LogP contribution in [0.5, 0.6) is 0 Å². The Morgan fingerprint density at radius 2 is 2.12 bits per heavy atom. The summed E-state index contributed by atoms with van der Waals surface area (Å²) in [4.78, 5) is 11.4. The van der Waals surface area contributed by atoms with Crippen LogP contribution < -0.4 is 5.32 Å². The van der Waals surface area contributed by atoms with Gasteiger partial charge in [0.05, 0.1) is 19.3 Å². The third-order valence-corrected chi connectivity index (χ3v) is 2.25. The van der Waals surface area contributed by atoms with Crippen LogP contribution in [0.2, 0.25) is 0 Å². The van der Waals surface area contributed by atoms with Crippen molar-refractivity contribution in [2.45, 2.75) is 12.5 Å².